The summed E-state index contributed by atoms with van der Waals surface area (Å²) < 4.78 is 25.7. The fourth-order valence-electron chi connectivity index (χ4n) is 2.40. The van der Waals surface area contributed by atoms with E-state index in [1.807, 2.05) is 0 Å². The lowest BCUT2D eigenvalue weighted by Gasteiger charge is -2.30. The van der Waals surface area contributed by atoms with Crippen LogP contribution < -0.4 is 10.6 Å². The standard InChI is InChI=1S/C14H22N4O3S.2ClH/c1-11-5-7-16-9-13(11)17-14(19)10-18(2)22(20,21)12-4-3-6-15-8-12;;/h3-4,6,8,11,13,16H,5,7,9-10H2,1-2H3,(H,17,19);2*1H. The molecule has 1 aromatic rings. The number of nitrogens with one attached hydrogen (secondary N) is 2. The number of carbonyl (C=O) groups is 1. The number of sulfonamides is 1. The van der Waals surface area contributed by atoms with Crippen molar-refractivity contribution >= 4 is 40.7 Å². The molecule has 2 unspecified atom stereocenters. The highest BCUT2D eigenvalue weighted by atomic mass is 35.5. The smallest absolute Gasteiger partial charge is 0.244 e. The van der Waals surface area contributed by atoms with Crippen LogP contribution >= 0.6 is 24.8 Å². The molecule has 2 rings (SSSR count). The van der Waals surface area contributed by atoms with Gasteiger partial charge in [-0.2, -0.15) is 4.31 Å². The average molecular weight is 399 g/mol. The number of halogens is 2. The molecule has 138 valence electrons. The van der Waals surface area contributed by atoms with E-state index in [0.29, 0.717) is 12.5 Å². The Labute approximate surface area is 155 Å². The van der Waals surface area contributed by atoms with Crippen LogP contribution in [0.25, 0.3) is 0 Å². The third-order valence-electron chi connectivity index (χ3n) is 3.88. The summed E-state index contributed by atoms with van der Waals surface area (Å²) in [7, 11) is -2.30. The van der Waals surface area contributed by atoms with E-state index in [2.05, 4.69) is 22.5 Å². The zero-order valence-electron chi connectivity index (χ0n) is 13.6. The van der Waals surface area contributed by atoms with E-state index in [-0.39, 0.29) is 48.2 Å². The SMILES string of the molecule is CC1CCNCC1NC(=O)CN(C)S(=O)(=O)c1cccnc1.Cl.Cl. The maximum atomic E-state index is 12.3. The molecule has 2 heterocycles. The van der Waals surface area contributed by atoms with Crippen molar-refractivity contribution in [2.24, 2.45) is 5.92 Å². The van der Waals surface area contributed by atoms with E-state index in [4.69, 9.17) is 0 Å². The van der Waals surface area contributed by atoms with Crippen molar-refractivity contribution < 1.29 is 13.2 Å². The van der Waals surface area contributed by atoms with Crippen LogP contribution in [0.3, 0.4) is 0 Å². The molecule has 24 heavy (non-hydrogen) atoms. The molecule has 0 bridgehead atoms. The number of carbonyl (C=O) groups excluding carboxylic acids is 1. The Hall–Kier alpha value is -0.930. The number of nitrogens with zero attached hydrogens (tertiary/aromatic N) is 2. The normalized spacial score (nSPS) is 20.6. The van der Waals surface area contributed by atoms with Crippen LogP contribution in [0.5, 0.6) is 0 Å². The van der Waals surface area contributed by atoms with Crippen LogP contribution in [0.2, 0.25) is 0 Å². The van der Waals surface area contributed by atoms with Gasteiger partial charge in [-0.05, 0) is 31.0 Å². The first-order valence-electron chi connectivity index (χ1n) is 7.27. The second kappa shape index (κ2) is 10.1. The molecule has 10 heteroatoms. The third kappa shape index (κ3) is 5.86. The summed E-state index contributed by atoms with van der Waals surface area (Å²) in [4.78, 5) is 16.0. The summed E-state index contributed by atoms with van der Waals surface area (Å²) in [5, 5.41) is 6.13. The van der Waals surface area contributed by atoms with Crippen LogP contribution in [0.15, 0.2) is 29.4 Å². The second-order valence-electron chi connectivity index (χ2n) is 5.59. The van der Waals surface area contributed by atoms with E-state index < -0.39 is 10.0 Å². The van der Waals surface area contributed by atoms with Gasteiger partial charge in [0.25, 0.3) is 0 Å². The molecule has 7 nitrogen and oxygen atoms in total. The molecule has 0 spiro atoms. The summed E-state index contributed by atoms with van der Waals surface area (Å²) in [6.45, 7) is 3.54. The molecule has 0 radical (unpaired) electrons. The predicted molar refractivity (Wildman–Crippen MR) is 97.1 cm³/mol. The maximum absolute atomic E-state index is 12.3. The minimum Gasteiger partial charge on any atom is -0.351 e. The van der Waals surface area contributed by atoms with Crippen molar-refractivity contribution in [2.75, 3.05) is 26.7 Å². The van der Waals surface area contributed by atoms with E-state index in [9.17, 15) is 13.2 Å². The van der Waals surface area contributed by atoms with Crippen LogP contribution in [0, 0.1) is 5.92 Å². The average Bonchev–Trinajstić information content (AvgIpc) is 2.50. The van der Waals surface area contributed by atoms with Crippen LogP contribution in [-0.4, -0.2) is 56.3 Å². The number of hydrogen-bond donors (Lipinski definition) is 2. The van der Waals surface area contributed by atoms with Crippen molar-refractivity contribution in [3.05, 3.63) is 24.5 Å². The van der Waals surface area contributed by atoms with Crippen molar-refractivity contribution in [1.82, 2.24) is 19.9 Å². The first-order valence-corrected chi connectivity index (χ1v) is 8.71. The van der Waals surface area contributed by atoms with E-state index in [0.717, 1.165) is 17.3 Å². The number of amides is 1. The van der Waals surface area contributed by atoms with Gasteiger partial charge < -0.3 is 10.6 Å². The van der Waals surface area contributed by atoms with Crippen molar-refractivity contribution in [1.29, 1.82) is 0 Å². The van der Waals surface area contributed by atoms with Gasteiger partial charge in [-0.3, -0.25) is 9.78 Å². The van der Waals surface area contributed by atoms with Crippen molar-refractivity contribution in [3.63, 3.8) is 0 Å². The molecule has 1 amide bonds. The lowest BCUT2D eigenvalue weighted by Crippen LogP contribution is -2.52. The molecule has 0 aromatic carbocycles. The molecule has 1 aliphatic heterocycles. The number of piperidine rings is 1. The highest BCUT2D eigenvalue weighted by Crippen LogP contribution is 2.13. The van der Waals surface area contributed by atoms with Gasteiger partial charge in [0.1, 0.15) is 4.90 Å². The summed E-state index contributed by atoms with van der Waals surface area (Å²) in [6.07, 6.45) is 3.77. The van der Waals surface area contributed by atoms with Crippen molar-refractivity contribution in [3.8, 4) is 0 Å². The number of aromatic nitrogens is 1. The molecular formula is C14H24Cl2N4O3S. The van der Waals surface area contributed by atoms with Gasteiger partial charge in [-0.1, -0.05) is 6.92 Å². The van der Waals surface area contributed by atoms with Gasteiger partial charge >= 0.3 is 0 Å². The first kappa shape index (κ1) is 23.1. The van der Waals surface area contributed by atoms with Gasteiger partial charge in [0.05, 0.1) is 6.54 Å². The Morgan fingerprint density at radius 2 is 2.17 bits per heavy atom. The zero-order chi connectivity index (χ0) is 16.2. The Bertz CT molecular complexity index is 616. The molecule has 1 aromatic heterocycles. The molecule has 2 N–H and O–H groups in total. The lowest BCUT2D eigenvalue weighted by molar-refractivity contribution is -0.122. The first-order chi connectivity index (χ1) is 10.4. The van der Waals surface area contributed by atoms with Crippen LogP contribution in [0.4, 0.5) is 0 Å². The molecule has 0 saturated carbocycles. The molecule has 1 fully saturated rings. The third-order valence-corrected chi connectivity index (χ3v) is 5.67. The minimum absolute atomic E-state index is 0. The summed E-state index contributed by atoms with van der Waals surface area (Å²) in [5.41, 5.74) is 0. The summed E-state index contributed by atoms with van der Waals surface area (Å²) in [5.74, 6) is 0.0842. The Morgan fingerprint density at radius 1 is 1.46 bits per heavy atom. The van der Waals surface area contributed by atoms with Gasteiger partial charge in [0.2, 0.25) is 15.9 Å². The second-order valence-corrected chi connectivity index (χ2v) is 7.64. The Balaban J connectivity index is 0.00000264. The highest BCUT2D eigenvalue weighted by molar-refractivity contribution is 7.89. The topological polar surface area (TPSA) is 91.4 Å². The molecule has 2 atom stereocenters. The minimum atomic E-state index is -3.69. The quantitative estimate of drug-likeness (QED) is 0.759. The Morgan fingerprint density at radius 3 is 2.75 bits per heavy atom. The van der Waals surface area contributed by atoms with E-state index in [1.165, 1.54) is 25.5 Å². The molecular weight excluding hydrogens is 375 g/mol. The summed E-state index contributed by atoms with van der Waals surface area (Å²) >= 11 is 0. The van der Waals surface area contributed by atoms with Crippen molar-refractivity contribution in [2.45, 2.75) is 24.3 Å². The highest BCUT2D eigenvalue weighted by Gasteiger charge is 2.26. The van der Waals surface area contributed by atoms with Gasteiger partial charge in [-0.15, -0.1) is 24.8 Å². The van der Waals surface area contributed by atoms with Gasteiger partial charge in [-0.25, -0.2) is 8.42 Å². The maximum Gasteiger partial charge on any atom is 0.244 e. The van der Waals surface area contributed by atoms with Crippen LogP contribution in [-0.2, 0) is 14.8 Å². The van der Waals surface area contributed by atoms with Gasteiger partial charge in [0.15, 0.2) is 0 Å². The number of hydrogen-bond acceptors (Lipinski definition) is 5. The fourth-order valence-corrected chi connectivity index (χ4v) is 3.49. The number of likely N-dealkylation sites (N-methyl/N-ethyl adjacent to an activating group) is 1. The zero-order valence-corrected chi connectivity index (χ0v) is 16.1. The predicted octanol–water partition coefficient (Wildman–Crippen LogP) is 0.660. The Kier molecular flexibility index (Phi) is 9.76. The molecule has 0 aliphatic carbocycles. The fraction of sp³-hybridized carbons (Fsp3) is 0.571. The molecule has 1 saturated heterocycles. The number of pyridine rings is 1. The summed E-state index contributed by atoms with van der Waals surface area (Å²) in [6, 6.07) is 3.05. The lowest BCUT2D eigenvalue weighted by atomic mass is 9.95. The largest absolute Gasteiger partial charge is 0.351 e. The van der Waals surface area contributed by atoms with Crippen LogP contribution in [0.1, 0.15) is 13.3 Å². The van der Waals surface area contributed by atoms with Gasteiger partial charge in [0, 0.05) is 32.0 Å². The van der Waals surface area contributed by atoms with E-state index >= 15 is 0 Å². The monoisotopic (exact) mass is 398 g/mol. The van der Waals surface area contributed by atoms with E-state index in [1.54, 1.807) is 6.07 Å². The number of rotatable bonds is 5. The molecule has 1 aliphatic rings.